The molecular formula is C5H4ClNO2. The molecule has 2 atom stereocenters. The minimum Gasteiger partial charge on any atom is -0.445 e. The van der Waals surface area contributed by atoms with Gasteiger partial charge in [-0.15, -0.1) is 0 Å². The number of nitriles is 1. The monoisotopic (exact) mass is 145 g/mol. The summed E-state index contributed by atoms with van der Waals surface area (Å²) < 4.78 is 4.47. The first kappa shape index (κ1) is 6.37. The predicted molar refractivity (Wildman–Crippen MR) is 29.5 cm³/mol. The summed E-state index contributed by atoms with van der Waals surface area (Å²) in [5.74, 6) is -1.15. The number of hydrogen-bond acceptors (Lipinski definition) is 3. The van der Waals surface area contributed by atoms with Crippen LogP contribution in [0.25, 0.3) is 0 Å². The minimum atomic E-state index is -0.646. The number of carbonyl (C=O) groups is 1. The highest BCUT2D eigenvalue weighted by atomic mass is 35.5. The second-order valence-corrected chi connectivity index (χ2v) is 2.25. The molecule has 2 unspecified atom stereocenters. The summed E-state index contributed by atoms with van der Waals surface area (Å²) in [5, 5.41) is 8.24. The van der Waals surface area contributed by atoms with Crippen molar-refractivity contribution in [1.82, 2.24) is 0 Å². The van der Waals surface area contributed by atoms with E-state index in [9.17, 15) is 4.79 Å². The molecule has 1 aliphatic heterocycles. The zero-order chi connectivity index (χ0) is 6.85. The van der Waals surface area contributed by atoms with E-state index in [0.717, 1.165) is 0 Å². The molecule has 1 heterocycles. The molecule has 48 valence electrons. The van der Waals surface area contributed by atoms with Crippen molar-refractivity contribution in [3.05, 3.63) is 0 Å². The molecule has 9 heavy (non-hydrogen) atoms. The van der Waals surface area contributed by atoms with Crippen LogP contribution >= 0.6 is 11.6 Å². The van der Waals surface area contributed by atoms with Crippen molar-refractivity contribution >= 4 is 17.6 Å². The van der Waals surface area contributed by atoms with E-state index in [1.807, 2.05) is 0 Å². The standard InChI is InChI=1S/C5H4ClNO2/c6-4-1-3(2-7)5(8)9-4/h3-4H,1H2. The summed E-state index contributed by atoms with van der Waals surface area (Å²) in [5.41, 5.74) is -0.595. The van der Waals surface area contributed by atoms with Gasteiger partial charge in [-0.05, 0) is 0 Å². The maximum Gasteiger partial charge on any atom is 0.325 e. The Balaban J connectivity index is 2.61. The minimum absolute atomic E-state index is 0.316. The molecule has 0 amide bonds. The van der Waals surface area contributed by atoms with Crippen LogP contribution in [-0.2, 0) is 9.53 Å². The van der Waals surface area contributed by atoms with Crippen molar-refractivity contribution in [2.24, 2.45) is 5.92 Å². The molecule has 0 N–H and O–H groups in total. The first-order valence-corrected chi connectivity index (χ1v) is 2.92. The number of carbonyl (C=O) groups excluding carboxylic acids is 1. The molecule has 0 aromatic heterocycles. The molecule has 1 aliphatic rings. The van der Waals surface area contributed by atoms with Gasteiger partial charge in [-0.3, -0.25) is 4.79 Å². The van der Waals surface area contributed by atoms with E-state index in [-0.39, 0.29) is 0 Å². The average molecular weight is 146 g/mol. The Kier molecular flexibility index (Phi) is 1.58. The van der Waals surface area contributed by atoms with Crippen LogP contribution in [0.3, 0.4) is 0 Å². The topological polar surface area (TPSA) is 50.1 Å². The molecule has 0 aromatic carbocycles. The van der Waals surface area contributed by atoms with Gasteiger partial charge in [0, 0.05) is 6.42 Å². The predicted octanol–water partition coefficient (Wildman–Crippen LogP) is 0.638. The Bertz CT molecular complexity index is 174. The largest absolute Gasteiger partial charge is 0.445 e. The number of rotatable bonds is 0. The normalized spacial score (nSPS) is 33.6. The van der Waals surface area contributed by atoms with Gasteiger partial charge in [0.25, 0.3) is 0 Å². The van der Waals surface area contributed by atoms with Crippen molar-refractivity contribution in [1.29, 1.82) is 5.26 Å². The van der Waals surface area contributed by atoms with E-state index in [1.165, 1.54) is 0 Å². The highest BCUT2D eigenvalue weighted by Crippen LogP contribution is 2.22. The molecular weight excluding hydrogens is 142 g/mol. The van der Waals surface area contributed by atoms with Crippen molar-refractivity contribution < 1.29 is 9.53 Å². The van der Waals surface area contributed by atoms with E-state index >= 15 is 0 Å². The van der Waals surface area contributed by atoms with Gasteiger partial charge in [-0.25, -0.2) is 0 Å². The third kappa shape index (κ3) is 1.14. The molecule has 0 radical (unpaired) electrons. The van der Waals surface area contributed by atoms with E-state index in [1.54, 1.807) is 6.07 Å². The molecule has 0 spiro atoms. The highest BCUT2D eigenvalue weighted by Gasteiger charge is 2.32. The SMILES string of the molecule is N#CC1CC(Cl)OC1=O. The molecule has 1 fully saturated rings. The number of cyclic esters (lactones) is 1. The summed E-state index contributed by atoms with van der Waals surface area (Å²) >= 11 is 5.39. The van der Waals surface area contributed by atoms with Crippen molar-refractivity contribution in [2.45, 2.75) is 12.0 Å². The van der Waals surface area contributed by atoms with Gasteiger partial charge in [-0.2, -0.15) is 5.26 Å². The summed E-state index contributed by atoms with van der Waals surface area (Å²) in [6, 6.07) is 1.79. The molecule has 4 heteroatoms. The molecule has 1 rings (SSSR count). The van der Waals surface area contributed by atoms with Gasteiger partial charge in [0.1, 0.15) is 5.92 Å². The lowest BCUT2D eigenvalue weighted by Crippen LogP contribution is -2.03. The van der Waals surface area contributed by atoms with Gasteiger partial charge in [0.15, 0.2) is 5.56 Å². The third-order valence-electron chi connectivity index (χ3n) is 1.11. The van der Waals surface area contributed by atoms with Gasteiger partial charge in [-0.1, -0.05) is 11.6 Å². The molecule has 0 saturated carbocycles. The van der Waals surface area contributed by atoms with Gasteiger partial charge in [0.2, 0.25) is 0 Å². The van der Waals surface area contributed by atoms with E-state index < -0.39 is 17.5 Å². The van der Waals surface area contributed by atoms with Crippen LogP contribution in [0.5, 0.6) is 0 Å². The van der Waals surface area contributed by atoms with Crippen LogP contribution < -0.4 is 0 Å². The number of alkyl halides is 1. The lowest BCUT2D eigenvalue weighted by atomic mass is 10.1. The Morgan fingerprint density at radius 1 is 1.89 bits per heavy atom. The van der Waals surface area contributed by atoms with Gasteiger partial charge >= 0.3 is 5.97 Å². The third-order valence-corrected chi connectivity index (χ3v) is 1.37. The van der Waals surface area contributed by atoms with E-state index in [4.69, 9.17) is 16.9 Å². The van der Waals surface area contributed by atoms with Gasteiger partial charge < -0.3 is 4.74 Å². The smallest absolute Gasteiger partial charge is 0.325 e. The Morgan fingerprint density at radius 2 is 2.56 bits per heavy atom. The maximum atomic E-state index is 10.5. The van der Waals surface area contributed by atoms with E-state index in [0.29, 0.717) is 6.42 Å². The van der Waals surface area contributed by atoms with Crippen LogP contribution in [-0.4, -0.2) is 11.5 Å². The van der Waals surface area contributed by atoms with Crippen LogP contribution in [0.1, 0.15) is 6.42 Å². The molecule has 1 saturated heterocycles. The van der Waals surface area contributed by atoms with Crippen LogP contribution in [0.15, 0.2) is 0 Å². The summed E-state index contributed by atoms with van der Waals surface area (Å²) in [6.07, 6.45) is 0.316. The zero-order valence-corrected chi connectivity index (χ0v) is 5.26. The fraction of sp³-hybridized carbons (Fsp3) is 0.600. The molecule has 0 aliphatic carbocycles. The summed E-state index contributed by atoms with van der Waals surface area (Å²) in [6.45, 7) is 0. The second-order valence-electron chi connectivity index (χ2n) is 1.76. The second kappa shape index (κ2) is 2.24. The Morgan fingerprint density at radius 3 is 2.78 bits per heavy atom. The molecule has 0 bridgehead atoms. The first-order valence-electron chi connectivity index (χ1n) is 2.48. The van der Waals surface area contributed by atoms with Crippen molar-refractivity contribution in [3.8, 4) is 6.07 Å². The molecule has 3 nitrogen and oxygen atoms in total. The van der Waals surface area contributed by atoms with Crippen molar-refractivity contribution in [3.63, 3.8) is 0 Å². The molecule has 0 aromatic rings. The Labute approximate surface area is 57.2 Å². The number of ether oxygens (including phenoxy) is 1. The average Bonchev–Trinajstić information content (AvgIpc) is 2.10. The van der Waals surface area contributed by atoms with Gasteiger partial charge in [0.05, 0.1) is 6.07 Å². The first-order chi connectivity index (χ1) is 4.24. The lowest BCUT2D eigenvalue weighted by Gasteiger charge is -1.92. The quantitative estimate of drug-likeness (QED) is 0.371. The number of hydrogen-bond donors (Lipinski definition) is 0. The van der Waals surface area contributed by atoms with Crippen molar-refractivity contribution in [2.75, 3.05) is 0 Å². The summed E-state index contributed by atoms with van der Waals surface area (Å²) in [7, 11) is 0. The zero-order valence-electron chi connectivity index (χ0n) is 4.50. The Hall–Kier alpha value is -0.750. The van der Waals surface area contributed by atoms with Crippen LogP contribution in [0.4, 0.5) is 0 Å². The number of esters is 1. The van der Waals surface area contributed by atoms with Crippen LogP contribution in [0.2, 0.25) is 0 Å². The maximum absolute atomic E-state index is 10.5. The fourth-order valence-electron chi connectivity index (χ4n) is 0.643. The summed E-state index contributed by atoms with van der Waals surface area (Å²) in [4.78, 5) is 10.5. The fourth-order valence-corrected chi connectivity index (χ4v) is 0.909. The lowest BCUT2D eigenvalue weighted by molar-refractivity contribution is -0.140. The number of nitrogens with zero attached hydrogens (tertiary/aromatic N) is 1. The van der Waals surface area contributed by atoms with Crippen LogP contribution in [0, 0.1) is 17.2 Å². The van der Waals surface area contributed by atoms with E-state index in [2.05, 4.69) is 4.74 Å². The highest BCUT2D eigenvalue weighted by molar-refractivity contribution is 6.21. The number of halogens is 1.